The smallest absolute Gasteiger partial charge is 0.150 e. The van der Waals surface area contributed by atoms with Crippen molar-refractivity contribution in [1.29, 1.82) is 0 Å². The monoisotopic (exact) mass is 221 g/mol. The molecule has 16 heavy (non-hydrogen) atoms. The predicted molar refractivity (Wildman–Crippen MR) is 60.9 cm³/mol. The highest BCUT2D eigenvalue weighted by molar-refractivity contribution is 4.98. The topological polar surface area (TPSA) is 41.3 Å². The maximum absolute atomic E-state index is 5.18. The lowest BCUT2D eigenvalue weighted by atomic mass is 10.1. The summed E-state index contributed by atoms with van der Waals surface area (Å²) in [5.41, 5.74) is 0. The van der Waals surface area contributed by atoms with E-state index in [2.05, 4.69) is 22.3 Å². The van der Waals surface area contributed by atoms with Crippen molar-refractivity contribution in [2.24, 2.45) is 5.92 Å². The van der Waals surface area contributed by atoms with Crippen molar-refractivity contribution in [3.05, 3.63) is 18.0 Å². The highest BCUT2D eigenvalue weighted by Crippen LogP contribution is 2.34. The molecule has 1 aliphatic heterocycles. The maximum Gasteiger partial charge on any atom is 0.150 e. The first-order valence-electron chi connectivity index (χ1n) is 6.20. The molecular formula is C12H19N3O. The van der Waals surface area contributed by atoms with Crippen LogP contribution in [-0.4, -0.2) is 35.2 Å². The van der Waals surface area contributed by atoms with Crippen molar-refractivity contribution in [2.45, 2.75) is 38.4 Å². The summed E-state index contributed by atoms with van der Waals surface area (Å²) < 4.78 is 5.18. The van der Waals surface area contributed by atoms with Gasteiger partial charge in [-0.3, -0.25) is 4.90 Å². The molecule has 0 amide bonds. The summed E-state index contributed by atoms with van der Waals surface area (Å²) >= 11 is 0. The van der Waals surface area contributed by atoms with Crippen LogP contribution in [0.25, 0.3) is 0 Å². The van der Waals surface area contributed by atoms with Crippen LogP contribution in [0.2, 0.25) is 0 Å². The minimum Gasteiger partial charge on any atom is -0.360 e. The Balaban J connectivity index is 1.62. The molecule has 0 aromatic carbocycles. The minimum atomic E-state index is 0.583. The number of nitrogens with zero attached hydrogens (tertiary/aromatic N) is 2. The van der Waals surface area contributed by atoms with Crippen LogP contribution in [-0.2, 0) is 6.54 Å². The lowest BCUT2D eigenvalue weighted by Crippen LogP contribution is -2.55. The first kappa shape index (κ1) is 10.3. The molecule has 1 aliphatic carbocycles. The molecule has 0 radical (unpaired) electrons. The van der Waals surface area contributed by atoms with Crippen LogP contribution in [0, 0.1) is 5.92 Å². The van der Waals surface area contributed by atoms with E-state index in [-0.39, 0.29) is 0 Å². The van der Waals surface area contributed by atoms with Crippen LogP contribution < -0.4 is 5.32 Å². The van der Waals surface area contributed by atoms with Gasteiger partial charge in [-0.2, -0.15) is 0 Å². The zero-order valence-corrected chi connectivity index (χ0v) is 9.72. The summed E-state index contributed by atoms with van der Waals surface area (Å²) in [6, 6.07) is 3.24. The number of nitrogens with one attached hydrogen (secondary N) is 1. The van der Waals surface area contributed by atoms with Crippen molar-refractivity contribution in [3.8, 4) is 0 Å². The summed E-state index contributed by atoms with van der Waals surface area (Å²) in [6.45, 7) is 5.40. The molecule has 88 valence electrons. The third-order valence-electron chi connectivity index (χ3n) is 3.77. The van der Waals surface area contributed by atoms with Gasteiger partial charge >= 0.3 is 0 Å². The summed E-state index contributed by atoms with van der Waals surface area (Å²) in [7, 11) is 0. The van der Waals surface area contributed by atoms with Gasteiger partial charge in [0.2, 0.25) is 0 Å². The van der Waals surface area contributed by atoms with Gasteiger partial charge in [0.25, 0.3) is 0 Å². The van der Waals surface area contributed by atoms with E-state index in [9.17, 15) is 0 Å². The van der Waals surface area contributed by atoms with Gasteiger partial charge in [0.05, 0.1) is 12.7 Å². The van der Waals surface area contributed by atoms with Gasteiger partial charge in [0, 0.05) is 31.2 Å². The first-order chi connectivity index (χ1) is 7.83. The van der Waals surface area contributed by atoms with E-state index >= 15 is 0 Å². The summed E-state index contributed by atoms with van der Waals surface area (Å²) in [5.74, 6) is 1.90. The zero-order valence-electron chi connectivity index (χ0n) is 9.72. The number of hydrogen-bond acceptors (Lipinski definition) is 4. The van der Waals surface area contributed by atoms with Gasteiger partial charge < -0.3 is 9.84 Å². The fourth-order valence-corrected chi connectivity index (χ4v) is 2.51. The third-order valence-corrected chi connectivity index (χ3v) is 3.77. The van der Waals surface area contributed by atoms with Crippen molar-refractivity contribution in [1.82, 2.24) is 15.4 Å². The van der Waals surface area contributed by atoms with Crippen LogP contribution in [0.15, 0.2) is 16.8 Å². The Hall–Kier alpha value is -0.870. The molecule has 2 fully saturated rings. The Labute approximate surface area is 96.0 Å². The summed E-state index contributed by atoms with van der Waals surface area (Å²) in [5, 5.41) is 7.41. The molecule has 2 aliphatic rings. The maximum atomic E-state index is 5.18. The average molecular weight is 221 g/mol. The number of aromatic nitrogens is 1. The molecular weight excluding hydrogens is 202 g/mol. The van der Waals surface area contributed by atoms with Gasteiger partial charge in [-0.05, 0) is 25.7 Å². The zero-order chi connectivity index (χ0) is 11.0. The van der Waals surface area contributed by atoms with Crippen molar-refractivity contribution >= 4 is 0 Å². The molecule has 3 rings (SSSR count). The van der Waals surface area contributed by atoms with E-state index in [4.69, 9.17) is 4.52 Å². The molecule has 1 aromatic heterocycles. The molecule has 2 unspecified atom stereocenters. The highest BCUT2D eigenvalue weighted by Gasteiger charge is 2.36. The van der Waals surface area contributed by atoms with Crippen LogP contribution in [0.3, 0.4) is 0 Å². The minimum absolute atomic E-state index is 0.583. The quantitative estimate of drug-likeness (QED) is 0.834. The number of hydrogen-bond donors (Lipinski definition) is 1. The number of rotatable bonds is 3. The van der Waals surface area contributed by atoms with Gasteiger partial charge in [-0.25, -0.2) is 0 Å². The largest absolute Gasteiger partial charge is 0.360 e. The molecule has 0 bridgehead atoms. The second kappa shape index (κ2) is 4.18. The molecule has 4 heteroatoms. The molecule has 0 spiro atoms. The molecule has 2 atom stereocenters. The Bertz CT molecular complexity index is 334. The Morgan fingerprint density at radius 3 is 3.12 bits per heavy atom. The van der Waals surface area contributed by atoms with E-state index in [1.165, 1.54) is 12.8 Å². The van der Waals surface area contributed by atoms with Crippen molar-refractivity contribution in [3.63, 3.8) is 0 Å². The Morgan fingerprint density at radius 2 is 2.44 bits per heavy atom. The van der Waals surface area contributed by atoms with E-state index in [1.54, 1.807) is 6.20 Å². The number of piperazine rings is 1. The van der Waals surface area contributed by atoms with Gasteiger partial charge in [-0.15, -0.1) is 0 Å². The third kappa shape index (κ3) is 2.13. The molecule has 1 N–H and O–H groups in total. The van der Waals surface area contributed by atoms with E-state index < -0.39 is 0 Å². The molecule has 2 heterocycles. The van der Waals surface area contributed by atoms with E-state index in [0.29, 0.717) is 12.1 Å². The molecule has 4 nitrogen and oxygen atoms in total. The fraction of sp³-hybridized carbons (Fsp3) is 0.750. The second-order valence-electron chi connectivity index (χ2n) is 5.11. The SMILES string of the molecule is CC1CNC(C2CC2)CN1Cc1ccno1. The second-order valence-corrected chi connectivity index (χ2v) is 5.11. The van der Waals surface area contributed by atoms with Crippen LogP contribution in [0.1, 0.15) is 25.5 Å². The van der Waals surface area contributed by atoms with Crippen LogP contribution in [0.5, 0.6) is 0 Å². The lowest BCUT2D eigenvalue weighted by molar-refractivity contribution is 0.113. The van der Waals surface area contributed by atoms with Crippen molar-refractivity contribution in [2.75, 3.05) is 13.1 Å². The fourth-order valence-electron chi connectivity index (χ4n) is 2.51. The predicted octanol–water partition coefficient (Wildman–Crippen LogP) is 1.25. The van der Waals surface area contributed by atoms with E-state index in [1.807, 2.05) is 6.07 Å². The van der Waals surface area contributed by atoms with Crippen molar-refractivity contribution < 1.29 is 4.52 Å². The highest BCUT2D eigenvalue weighted by atomic mass is 16.5. The molecule has 1 saturated heterocycles. The normalized spacial score (nSPS) is 31.8. The average Bonchev–Trinajstić information content (AvgIpc) is 3.01. The Morgan fingerprint density at radius 1 is 1.56 bits per heavy atom. The molecule has 1 saturated carbocycles. The Kier molecular flexibility index (Phi) is 2.69. The summed E-state index contributed by atoms with van der Waals surface area (Å²) in [4.78, 5) is 2.50. The first-order valence-corrected chi connectivity index (χ1v) is 6.20. The van der Waals surface area contributed by atoms with Gasteiger partial charge in [0.1, 0.15) is 0 Å². The van der Waals surface area contributed by atoms with Gasteiger partial charge in [-0.1, -0.05) is 5.16 Å². The van der Waals surface area contributed by atoms with Gasteiger partial charge in [0.15, 0.2) is 5.76 Å². The van der Waals surface area contributed by atoms with Crippen LogP contribution >= 0.6 is 0 Å². The van der Waals surface area contributed by atoms with Crippen LogP contribution in [0.4, 0.5) is 0 Å². The lowest BCUT2D eigenvalue weighted by Gasteiger charge is -2.38. The summed E-state index contributed by atoms with van der Waals surface area (Å²) in [6.07, 6.45) is 4.53. The molecule has 1 aromatic rings. The van der Waals surface area contributed by atoms with E-state index in [0.717, 1.165) is 31.3 Å². The standard InChI is InChI=1S/C12H19N3O/c1-9-6-13-12(10-2-3-10)8-15(9)7-11-4-5-14-16-11/h4-5,9-10,12-13H,2-3,6-8H2,1H3.